The fraction of sp³-hybridized carbons (Fsp3) is 0.538. The number of benzene rings is 2. The van der Waals surface area contributed by atoms with Crippen LogP contribution in [-0.4, -0.2) is 21.0 Å². The molecule has 0 spiro atoms. The van der Waals surface area contributed by atoms with Gasteiger partial charge in [0.15, 0.2) is 0 Å². The van der Waals surface area contributed by atoms with Crippen molar-refractivity contribution in [1.82, 2.24) is 0 Å². The zero-order chi connectivity index (χ0) is 25.7. The molecule has 0 fully saturated rings. The summed E-state index contributed by atoms with van der Waals surface area (Å²) in [5, 5.41) is 22.1. The van der Waals surface area contributed by atoms with Crippen molar-refractivity contribution >= 4 is 5.69 Å². The summed E-state index contributed by atoms with van der Waals surface area (Å²) in [5.41, 5.74) is 6.62. The van der Waals surface area contributed by atoms with Gasteiger partial charge in [0, 0.05) is 40.0 Å². The van der Waals surface area contributed by atoms with Crippen molar-refractivity contribution in [2.24, 2.45) is 0 Å². The summed E-state index contributed by atoms with van der Waals surface area (Å²) in [6.07, 6.45) is 1.47. The zero-order valence-electron chi connectivity index (χ0n) is 21.5. The highest BCUT2D eigenvalue weighted by molar-refractivity contribution is 5.63. The third-order valence-electron chi connectivity index (χ3n) is 6.73. The number of ether oxygens (including phenoxy) is 2. The van der Waals surface area contributed by atoms with Crippen molar-refractivity contribution in [3.8, 4) is 11.5 Å². The highest BCUT2D eigenvalue weighted by atomic mass is 16.6. The second kappa shape index (κ2) is 8.56. The predicted octanol–water partition coefficient (Wildman–Crippen LogP) is 6.03. The van der Waals surface area contributed by atoms with Gasteiger partial charge in [0.25, 0.3) is 5.69 Å². The van der Waals surface area contributed by atoms with Crippen LogP contribution in [0.5, 0.6) is 11.5 Å². The molecule has 8 heteroatoms. The first-order valence-electron chi connectivity index (χ1n) is 11.4. The molecule has 34 heavy (non-hydrogen) atoms. The van der Waals surface area contributed by atoms with Crippen LogP contribution >= 0.6 is 0 Å². The van der Waals surface area contributed by atoms with E-state index in [1.54, 1.807) is 13.8 Å². The molecular formula is C26H34N2O6. The summed E-state index contributed by atoms with van der Waals surface area (Å²) in [7, 11) is 0. The standard InChI is InChI=1S/C13H16N2O5.C13H18O/c1-7-8(2)12-9(5-13(3,4)20-12)10(6-14(16)17)11(7)15(18)19;1-8-6-9(2)11-7-13(4,5)14-12(11)10(8)3/h5-6H2,1-4H3;6H,7H2,1-5H3. The lowest BCUT2D eigenvalue weighted by molar-refractivity contribution is -0.498. The minimum Gasteiger partial charge on any atom is -0.487 e. The van der Waals surface area contributed by atoms with Crippen molar-refractivity contribution in [3.63, 3.8) is 0 Å². The van der Waals surface area contributed by atoms with Gasteiger partial charge < -0.3 is 9.47 Å². The molecule has 4 rings (SSSR count). The maximum absolute atomic E-state index is 11.3. The minimum atomic E-state index is -0.556. The van der Waals surface area contributed by atoms with Gasteiger partial charge in [0.1, 0.15) is 28.3 Å². The van der Waals surface area contributed by atoms with Gasteiger partial charge in [0.05, 0.1) is 4.92 Å². The molecule has 0 aromatic heterocycles. The number of fused-ring (bicyclic) bond motifs is 2. The van der Waals surface area contributed by atoms with E-state index in [2.05, 4.69) is 40.7 Å². The van der Waals surface area contributed by atoms with Crippen molar-refractivity contribution in [1.29, 1.82) is 0 Å². The van der Waals surface area contributed by atoms with Gasteiger partial charge in [-0.2, -0.15) is 0 Å². The fourth-order valence-corrected chi connectivity index (χ4v) is 4.89. The number of aryl methyl sites for hydroxylation is 2. The van der Waals surface area contributed by atoms with Crippen molar-refractivity contribution in [2.45, 2.75) is 92.9 Å². The molecule has 2 aromatic carbocycles. The lowest BCUT2D eigenvalue weighted by atomic mass is 9.92. The Hall–Kier alpha value is -3.16. The van der Waals surface area contributed by atoms with Crippen LogP contribution in [0.2, 0.25) is 0 Å². The Morgan fingerprint density at radius 3 is 1.79 bits per heavy atom. The first kappa shape index (κ1) is 25.5. The Labute approximate surface area is 200 Å². The zero-order valence-corrected chi connectivity index (χ0v) is 21.5. The normalized spacial score (nSPS) is 16.5. The average Bonchev–Trinajstić information content (AvgIpc) is 3.20. The Morgan fingerprint density at radius 1 is 0.794 bits per heavy atom. The number of nitro groups is 2. The Bertz CT molecular complexity index is 1200. The van der Waals surface area contributed by atoms with Gasteiger partial charge >= 0.3 is 0 Å². The van der Waals surface area contributed by atoms with Crippen LogP contribution in [0.25, 0.3) is 0 Å². The van der Waals surface area contributed by atoms with Gasteiger partial charge in [-0.1, -0.05) is 6.07 Å². The molecule has 0 amide bonds. The molecule has 0 saturated carbocycles. The Balaban J connectivity index is 0.000000202. The highest BCUT2D eigenvalue weighted by Gasteiger charge is 2.39. The Kier molecular flexibility index (Phi) is 6.41. The van der Waals surface area contributed by atoms with Gasteiger partial charge in [-0.05, 0) is 79.0 Å². The summed E-state index contributed by atoms with van der Waals surface area (Å²) in [4.78, 5) is 21.0. The first-order chi connectivity index (χ1) is 15.5. The highest BCUT2D eigenvalue weighted by Crippen LogP contribution is 2.45. The number of hydrogen-bond donors (Lipinski definition) is 0. The number of nitrogens with zero attached hydrogens (tertiary/aromatic N) is 2. The molecule has 0 N–H and O–H groups in total. The molecule has 2 aliphatic rings. The molecule has 0 unspecified atom stereocenters. The Morgan fingerprint density at radius 2 is 1.29 bits per heavy atom. The molecule has 0 bridgehead atoms. The summed E-state index contributed by atoms with van der Waals surface area (Å²) < 4.78 is 11.8. The van der Waals surface area contributed by atoms with E-state index in [4.69, 9.17) is 9.47 Å². The van der Waals surface area contributed by atoms with E-state index in [0.29, 0.717) is 28.9 Å². The molecule has 2 aliphatic heterocycles. The van der Waals surface area contributed by atoms with Crippen LogP contribution in [-0.2, 0) is 19.4 Å². The van der Waals surface area contributed by atoms with Crippen LogP contribution in [0.15, 0.2) is 6.07 Å². The van der Waals surface area contributed by atoms with Crippen LogP contribution in [0, 0.1) is 54.8 Å². The third-order valence-corrected chi connectivity index (χ3v) is 6.73. The summed E-state index contributed by atoms with van der Waals surface area (Å²) in [5.74, 6) is 1.70. The maximum atomic E-state index is 11.3. The van der Waals surface area contributed by atoms with E-state index >= 15 is 0 Å². The fourth-order valence-electron chi connectivity index (χ4n) is 4.89. The first-order valence-corrected chi connectivity index (χ1v) is 11.4. The lowest BCUT2D eigenvalue weighted by Crippen LogP contribution is -2.25. The monoisotopic (exact) mass is 470 g/mol. The number of rotatable bonds is 3. The van der Waals surface area contributed by atoms with E-state index in [1.807, 2.05) is 13.8 Å². The molecule has 0 saturated heterocycles. The maximum Gasteiger partial charge on any atom is 0.282 e. The molecule has 0 radical (unpaired) electrons. The second-order valence-electron chi connectivity index (χ2n) is 10.7. The molecule has 2 aromatic rings. The topological polar surface area (TPSA) is 105 Å². The quantitative estimate of drug-likeness (QED) is 0.401. The smallest absolute Gasteiger partial charge is 0.282 e. The average molecular weight is 471 g/mol. The van der Waals surface area contributed by atoms with Crippen molar-refractivity contribution in [3.05, 3.63) is 70.8 Å². The van der Waals surface area contributed by atoms with Crippen molar-refractivity contribution < 1.29 is 19.3 Å². The molecular weight excluding hydrogens is 436 g/mol. The van der Waals surface area contributed by atoms with Crippen LogP contribution in [0.3, 0.4) is 0 Å². The molecule has 2 heterocycles. The third kappa shape index (κ3) is 4.72. The number of hydrogen-bond acceptors (Lipinski definition) is 6. The molecule has 0 aliphatic carbocycles. The van der Waals surface area contributed by atoms with Gasteiger partial charge in [-0.25, -0.2) is 0 Å². The molecule has 8 nitrogen and oxygen atoms in total. The molecule has 0 atom stereocenters. The van der Waals surface area contributed by atoms with Gasteiger partial charge in [-0.3, -0.25) is 20.2 Å². The van der Waals surface area contributed by atoms with Crippen molar-refractivity contribution in [2.75, 3.05) is 0 Å². The van der Waals surface area contributed by atoms with Crippen LogP contribution < -0.4 is 9.47 Å². The SMILES string of the molecule is Cc1c(C)c([N+](=O)[O-])c(C[N+](=O)[O-])c2c1OC(C)(C)C2.Cc1cc(C)c2c(c1C)OC(C)(C)C2. The van der Waals surface area contributed by atoms with E-state index < -0.39 is 22.0 Å². The largest absolute Gasteiger partial charge is 0.487 e. The van der Waals surface area contributed by atoms with Gasteiger partial charge in [-0.15, -0.1) is 0 Å². The number of nitro benzene ring substituents is 1. The van der Waals surface area contributed by atoms with E-state index in [1.165, 1.54) is 22.3 Å². The van der Waals surface area contributed by atoms with E-state index in [9.17, 15) is 20.2 Å². The lowest BCUT2D eigenvalue weighted by Gasteiger charge is -2.18. The minimum absolute atomic E-state index is 0.0222. The molecule has 184 valence electrons. The van der Waals surface area contributed by atoms with Gasteiger partial charge in [0.2, 0.25) is 6.54 Å². The summed E-state index contributed by atoms with van der Waals surface area (Å²) in [6, 6.07) is 2.26. The van der Waals surface area contributed by atoms with E-state index in [0.717, 1.165) is 12.2 Å². The predicted molar refractivity (Wildman–Crippen MR) is 131 cm³/mol. The summed E-state index contributed by atoms with van der Waals surface area (Å²) >= 11 is 0. The summed E-state index contributed by atoms with van der Waals surface area (Å²) in [6.45, 7) is 17.3. The van der Waals surface area contributed by atoms with E-state index in [-0.39, 0.29) is 16.9 Å². The van der Waals surface area contributed by atoms with Crippen LogP contribution in [0.4, 0.5) is 5.69 Å². The van der Waals surface area contributed by atoms with Crippen LogP contribution in [0.1, 0.15) is 72.2 Å². The second-order valence-corrected chi connectivity index (χ2v) is 10.7.